The largest absolute Gasteiger partial charge is 0.504 e. The van der Waals surface area contributed by atoms with Crippen LogP contribution in [0.15, 0.2) is 24.2 Å². The second kappa shape index (κ2) is 3.73. The number of para-hydroxylation sites is 1. The molecule has 1 aromatic rings. The van der Waals surface area contributed by atoms with Gasteiger partial charge in [0.1, 0.15) is 0 Å². The fraction of sp³-hybridized carbons (Fsp3) is 0. The lowest BCUT2D eigenvalue weighted by molar-refractivity contribution is 0.431. The van der Waals surface area contributed by atoms with Crippen molar-refractivity contribution in [2.45, 2.75) is 0 Å². The zero-order chi connectivity index (χ0) is 10.8. The van der Waals surface area contributed by atoms with Crippen molar-refractivity contribution >= 4 is 13.1 Å². The van der Waals surface area contributed by atoms with Gasteiger partial charge in [-0.25, -0.2) is 4.39 Å². The normalized spacial score (nSPS) is 12.3. The minimum Gasteiger partial charge on any atom is -0.504 e. The van der Waals surface area contributed by atoms with Gasteiger partial charge in [0.15, 0.2) is 11.6 Å². The molecule has 0 amide bonds. The molecular weight excluding hydrogens is 199 g/mol. The Morgan fingerprint density at radius 2 is 1.86 bits per heavy atom. The minimum atomic E-state index is -5.07. The Balaban J connectivity index is 2.98. The number of hydrogen-bond donors (Lipinski definition) is 1. The summed E-state index contributed by atoms with van der Waals surface area (Å²) in [7, 11) is 0. The molecule has 0 aromatic heterocycles. The fourth-order valence-electron chi connectivity index (χ4n) is 0.879. The SMILES string of the molecule is Oc1c(F)cccc1/C=C/[B-](F)(F)F. The molecule has 1 rings (SSSR count). The topological polar surface area (TPSA) is 20.2 Å². The summed E-state index contributed by atoms with van der Waals surface area (Å²) in [5, 5.41) is 9.01. The molecule has 0 atom stereocenters. The average molecular weight is 205 g/mol. The van der Waals surface area contributed by atoms with Crippen LogP contribution in [-0.2, 0) is 0 Å². The molecule has 0 saturated heterocycles. The van der Waals surface area contributed by atoms with Crippen LogP contribution in [0, 0.1) is 5.82 Å². The molecule has 6 heteroatoms. The Morgan fingerprint density at radius 1 is 1.21 bits per heavy atom. The Hall–Kier alpha value is -1.46. The number of halogens is 4. The molecule has 0 radical (unpaired) electrons. The van der Waals surface area contributed by atoms with Crippen LogP contribution < -0.4 is 0 Å². The van der Waals surface area contributed by atoms with Crippen LogP contribution in [0.4, 0.5) is 17.3 Å². The number of aromatic hydroxyl groups is 1. The van der Waals surface area contributed by atoms with Crippen LogP contribution in [0.2, 0.25) is 0 Å². The molecule has 1 nitrogen and oxygen atoms in total. The van der Waals surface area contributed by atoms with E-state index < -0.39 is 18.5 Å². The maximum Gasteiger partial charge on any atom is 0.502 e. The van der Waals surface area contributed by atoms with E-state index in [1.807, 2.05) is 0 Å². The zero-order valence-corrected chi connectivity index (χ0v) is 6.92. The monoisotopic (exact) mass is 205 g/mol. The first-order valence-electron chi connectivity index (χ1n) is 3.77. The predicted octanol–water partition coefficient (Wildman–Crippen LogP) is 2.93. The summed E-state index contributed by atoms with van der Waals surface area (Å²) < 4.78 is 48.0. The number of benzene rings is 1. The fourth-order valence-corrected chi connectivity index (χ4v) is 0.879. The molecule has 0 unspecified atom stereocenters. The van der Waals surface area contributed by atoms with Gasteiger partial charge in [-0.05, 0) is 6.07 Å². The van der Waals surface area contributed by atoms with E-state index in [1.54, 1.807) is 0 Å². The maximum absolute atomic E-state index is 12.6. The highest BCUT2D eigenvalue weighted by atomic mass is 19.4. The molecular formula is C8H6BF4O-. The van der Waals surface area contributed by atoms with Crippen molar-refractivity contribution in [2.75, 3.05) is 0 Å². The smallest absolute Gasteiger partial charge is 0.502 e. The van der Waals surface area contributed by atoms with E-state index in [1.165, 1.54) is 12.1 Å². The highest BCUT2D eigenvalue weighted by Crippen LogP contribution is 2.23. The highest BCUT2D eigenvalue weighted by Gasteiger charge is 2.17. The third kappa shape index (κ3) is 2.79. The summed E-state index contributed by atoms with van der Waals surface area (Å²) in [6.07, 6.45) is 0.637. The van der Waals surface area contributed by atoms with Crippen molar-refractivity contribution in [2.24, 2.45) is 0 Å². The van der Waals surface area contributed by atoms with Crippen molar-refractivity contribution in [3.8, 4) is 5.75 Å². The molecule has 76 valence electrons. The molecule has 0 spiro atoms. The maximum atomic E-state index is 12.6. The van der Waals surface area contributed by atoms with Gasteiger partial charge in [-0.15, -0.1) is 5.98 Å². The van der Waals surface area contributed by atoms with Gasteiger partial charge in [-0.3, -0.25) is 0 Å². The number of rotatable bonds is 2. The number of hydrogen-bond acceptors (Lipinski definition) is 1. The Kier molecular flexibility index (Phi) is 2.83. The van der Waals surface area contributed by atoms with E-state index in [4.69, 9.17) is 5.11 Å². The van der Waals surface area contributed by atoms with Gasteiger partial charge in [-0.1, -0.05) is 18.2 Å². The summed E-state index contributed by atoms with van der Waals surface area (Å²) in [6.45, 7) is -5.07. The average Bonchev–Trinajstić information content (AvgIpc) is 2.06. The number of phenolic OH excluding ortho intramolecular Hbond substituents is 1. The molecule has 0 saturated carbocycles. The third-order valence-electron chi connectivity index (χ3n) is 1.51. The summed E-state index contributed by atoms with van der Waals surface area (Å²) >= 11 is 0. The molecule has 0 bridgehead atoms. The quantitative estimate of drug-likeness (QED) is 0.581. The summed E-state index contributed by atoms with van der Waals surface area (Å²) in [4.78, 5) is 0. The van der Waals surface area contributed by atoms with E-state index in [2.05, 4.69) is 0 Å². The van der Waals surface area contributed by atoms with E-state index >= 15 is 0 Å². The molecule has 1 aromatic carbocycles. The molecule has 14 heavy (non-hydrogen) atoms. The molecule has 0 aliphatic carbocycles. The lowest BCUT2D eigenvalue weighted by Gasteiger charge is -2.07. The molecule has 1 N–H and O–H groups in total. The van der Waals surface area contributed by atoms with Crippen LogP contribution >= 0.6 is 0 Å². The summed E-state index contributed by atoms with van der Waals surface area (Å²) in [5.74, 6) is -1.72. The lowest BCUT2D eigenvalue weighted by Crippen LogP contribution is -2.09. The first-order valence-corrected chi connectivity index (χ1v) is 3.77. The minimum absolute atomic E-state index is 0.00546. The van der Waals surface area contributed by atoms with Gasteiger partial charge < -0.3 is 18.1 Å². The van der Waals surface area contributed by atoms with Crippen molar-refractivity contribution in [1.82, 2.24) is 0 Å². The first kappa shape index (κ1) is 10.6. The Labute approximate surface area is 77.7 Å². The van der Waals surface area contributed by atoms with Crippen molar-refractivity contribution < 1.29 is 22.4 Å². The summed E-state index contributed by atoms with van der Waals surface area (Å²) in [6, 6.07) is 3.38. The Morgan fingerprint density at radius 3 is 2.43 bits per heavy atom. The van der Waals surface area contributed by atoms with Gasteiger partial charge in [0.05, 0.1) is 0 Å². The molecule has 0 heterocycles. The van der Waals surface area contributed by atoms with Crippen molar-refractivity contribution in [3.05, 3.63) is 35.6 Å². The van der Waals surface area contributed by atoms with Crippen LogP contribution in [0.5, 0.6) is 5.75 Å². The second-order valence-electron chi connectivity index (χ2n) is 2.66. The van der Waals surface area contributed by atoms with Gasteiger partial charge >= 0.3 is 6.98 Å². The molecule has 0 aliphatic rings. The van der Waals surface area contributed by atoms with Gasteiger partial charge in [0.25, 0.3) is 0 Å². The van der Waals surface area contributed by atoms with Crippen molar-refractivity contribution in [3.63, 3.8) is 0 Å². The van der Waals surface area contributed by atoms with Crippen LogP contribution in [-0.4, -0.2) is 12.1 Å². The van der Waals surface area contributed by atoms with E-state index in [9.17, 15) is 17.3 Å². The highest BCUT2D eigenvalue weighted by molar-refractivity contribution is 6.64. The molecule has 0 aliphatic heterocycles. The Bertz CT molecular complexity index is 359. The zero-order valence-electron chi connectivity index (χ0n) is 6.92. The predicted molar refractivity (Wildman–Crippen MR) is 46.2 cm³/mol. The van der Waals surface area contributed by atoms with E-state index in [-0.39, 0.29) is 11.5 Å². The van der Waals surface area contributed by atoms with Gasteiger partial charge in [0.2, 0.25) is 0 Å². The van der Waals surface area contributed by atoms with Gasteiger partial charge in [-0.2, -0.15) is 0 Å². The van der Waals surface area contributed by atoms with E-state index in [0.717, 1.165) is 6.07 Å². The van der Waals surface area contributed by atoms with Crippen LogP contribution in [0.25, 0.3) is 6.08 Å². The van der Waals surface area contributed by atoms with E-state index in [0.29, 0.717) is 6.08 Å². The second-order valence-corrected chi connectivity index (χ2v) is 2.66. The third-order valence-corrected chi connectivity index (χ3v) is 1.51. The standard InChI is InChI=1S/C8H6BF4O/c10-7-3-1-2-6(8(7)14)4-5-9(11,12)13/h1-5,14H/q-1/b5-4+. The van der Waals surface area contributed by atoms with Crippen molar-refractivity contribution in [1.29, 1.82) is 0 Å². The lowest BCUT2D eigenvalue weighted by atomic mass is 9.90. The molecule has 0 fully saturated rings. The number of phenols is 1. The van der Waals surface area contributed by atoms with Crippen LogP contribution in [0.1, 0.15) is 5.56 Å². The van der Waals surface area contributed by atoms with Crippen LogP contribution in [0.3, 0.4) is 0 Å². The summed E-state index contributed by atoms with van der Waals surface area (Å²) in [5.41, 5.74) is -0.191. The van der Waals surface area contributed by atoms with Gasteiger partial charge in [0, 0.05) is 5.56 Å². The first-order chi connectivity index (χ1) is 6.40.